The molecule has 8 nitrogen and oxygen atoms in total. The summed E-state index contributed by atoms with van der Waals surface area (Å²) in [5.74, 6) is 2.30. The number of aromatic nitrogens is 3. The molecular weight excluding hydrogens is 465 g/mol. The first-order valence-corrected chi connectivity index (χ1v) is 10.4. The van der Waals surface area contributed by atoms with Crippen LogP contribution in [0.5, 0.6) is 5.75 Å². The van der Waals surface area contributed by atoms with Crippen molar-refractivity contribution in [3.8, 4) is 17.2 Å². The Morgan fingerprint density at radius 2 is 1.76 bits per heavy atom. The van der Waals surface area contributed by atoms with Crippen molar-refractivity contribution in [1.82, 2.24) is 20.2 Å². The number of likely N-dealkylation sites (N-methyl/N-ethyl adjacent to an activating group) is 1. The Kier molecular flexibility index (Phi) is 7.84. The minimum absolute atomic E-state index is 0. The van der Waals surface area contributed by atoms with Gasteiger partial charge in [0.2, 0.25) is 5.82 Å². The maximum Gasteiger partial charge on any atom is 0.263 e. The number of anilines is 1. The summed E-state index contributed by atoms with van der Waals surface area (Å²) in [6, 6.07) is 12.6. The maximum absolute atomic E-state index is 6.00. The molecule has 0 radical (unpaired) electrons. The summed E-state index contributed by atoms with van der Waals surface area (Å²) in [6.07, 6.45) is 0. The second kappa shape index (κ2) is 10.4. The molecule has 0 unspecified atom stereocenters. The van der Waals surface area contributed by atoms with Crippen LogP contribution < -0.4 is 9.64 Å². The van der Waals surface area contributed by atoms with Gasteiger partial charge in [-0.3, -0.25) is 0 Å². The highest BCUT2D eigenvalue weighted by molar-refractivity contribution is 5.95. The lowest BCUT2D eigenvalue weighted by Crippen LogP contribution is -2.44. The molecule has 0 amide bonds. The van der Waals surface area contributed by atoms with Crippen molar-refractivity contribution in [2.75, 3.05) is 38.1 Å². The van der Waals surface area contributed by atoms with E-state index in [2.05, 4.69) is 62.5 Å². The molecule has 176 valence electrons. The van der Waals surface area contributed by atoms with Gasteiger partial charge in [-0.15, -0.1) is 24.8 Å². The van der Waals surface area contributed by atoms with Gasteiger partial charge in [-0.05, 0) is 44.5 Å². The van der Waals surface area contributed by atoms with Gasteiger partial charge >= 0.3 is 0 Å². The van der Waals surface area contributed by atoms with Crippen LogP contribution in [0.25, 0.3) is 22.2 Å². The van der Waals surface area contributed by atoms with Crippen LogP contribution in [-0.4, -0.2) is 53.4 Å². The second-order valence-corrected chi connectivity index (χ2v) is 7.95. The predicted molar refractivity (Wildman–Crippen MR) is 132 cm³/mol. The molecule has 0 N–H and O–H groups in total. The zero-order valence-electron chi connectivity index (χ0n) is 18.8. The topological polar surface area (TPSA) is 80.7 Å². The van der Waals surface area contributed by atoms with E-state index in [4.69, 9.17) is 13.8 Å². The van der Waals surface area contributed by atoms with Crippen molar-refractivity contribution in [1.29, 1.82) is 0 Å². The zero-order valence-corrected chi connectivity index (χ0v) is 20.4. The SMILES string of the molecule is Cc1noc(C)c1-c1nc(COc2ccc3cccc(N4CCN(C)CC4)c3c2)no1.Cl.Cl. The van der Waals surface area contributed by atoms with Crippen LogP contribution in [0.2, 0.25) is 0 Å². The Bertz CT molecular complexity index is 1200. The molecule has 0 aliphatic carbocycles. The number of ether oxygens (including phenoxy) is 1. The van der Waals surface area contributed by atoms with Crippen molar-refractivity contribution < 1.29 is 13.8 Å². The summed E-state index contributed by atoms with van der Waals surface area (Å²) in [7, 11) is 2.17. The van der Waals surface area contributed by atoms with E-state index in [9.17, 15) is 0 Å². The van der Waals surface area contributed by atoms with Crippen LogP contribution in [0, 0.1) is 13.8 Å². The van der Waals surface area contributed by atoms with Crippen LogP contribution in [0.3, 0.4) is 0 Å². The van der Waals surface area contributed by atoms with Crippen molar-refractivity contribution >= 4 is 41.3 Å². The van der Waals surface area contributed by atoms with Gasteiger partial charge in [-0.25, -0.2) is 0 Å². The van der Waals surface area contributed by atoms with Crippen molar-refractivity contribution in [2.24, 2.45) is 0 Å². The predicted octanol–water partition coefficient (Wildman–Crippen LogP) is 4.67. The third-order valence-electron chi connectivity index (χ3n) is 5.76. The van der Waals surface area contributed by atoms with Gasteiger partial charge in [-0.2, -0.15) is 4.98 Å². The van der Waals surface area contributed by atoms with Gasteiger partial charge in [0.05, 0.1) is 5.69 Å². The number of hydrogen-bond donors (Lipinski definition) is 0. The first kappa shape index (κ1) is 24.8. The summed E-state index contributed by atoms with van der Waals surface area (Å²) in [5, 5.41) is 10.4. The average Bonchev–Trinajstić information content (AvgIpc) is 3.38. The Balaban J connectivity index is 0.00000153. The molecule has 1 fully saturated rings. The van der Waals surface area contributed by atoms with Crippen molar-refractivity contribution in [2.45, 2.75) is 20.5 Å². The van der Waals surface area contributed by atoms with E-state index in [0.717, 1.165) is 43.2 Å². The third kappa shape index (κ3) is 5.08. The van der Waals surface area contributed by atoms with Crippen LogP contribution in [0.15, 0.2) is 45.4 Å². The first-order chi connectivity index (χ1) is 15.1. The largest absolute Gasteiger partial charge is 0.485 e. The second-order valence-electron chi connectivity index (χ2n) is 7.95. The highest BCUT2D eigenvalue weighted by atomic mass is 35.5. The number of fused-ring (bicyclic) bond motifs is 1. The number of hydrogen-bond acceptors (Lipinski definition) is 8. The molecule has 0 spiro atoms. The van der Waals surface area contributed by atoms with Gasteiger partial charge in [0, 0.05) is 37.3 Å². The lowest BCUT2D eigenvalue weighted by molar-refractivity contribution is 0.287. The summed E-state index contributed by atoms with van der Waals surface area (Å²) >= 11 is 0. The van der Waals surface area contributed by atoms with Crippen LogP contribution in [0.4, 0.5) is 5.69 Å². The summed E-state index contributed by atoms with van der Waals surface area (Å²) in [5.41, 5.74) is 2.71. The highest BCUT2D eigenvalue weighted by Gasteiger charge is 2.19. The molecule has 2 aromatic heterocycles. The van der Waals surface area contributed by atoms with Gasteiger partial charge in [0.1, 0.15) is 17.1 Å². The molecule has 33 heavy (non-hydrogen) atoms. The number of nitrogens with zero attached hydrogens (tertiary/aromatic N) is 5. The Morgan fingerprint density at radius 1 is 0.970 bits per heavy atom. The maximum atomic E-state index is 6.00. The Hall–Kier alpha value is -2.81. The third-order valence-corrected chi connectivity index (χ3v) is 5.76. The molecule has 2 aromatic carbocycles. The molecule has 5 rings (SSSR count). The van der Waals surface area contributed by atoms with E-state index < -0.39 is 0 Å². The average molecular weight is 492 g/mol. The molecule has 3 heterocycles. The smallest absolute Gasteiger partial charge is 0.263 e. The molecule has 1 saturated heterocycles. The van der Waals surface area contributed by atoms with E-state index in [-0.39, 0.29) is 31.4 Å². The first-order valence-electron chi connectivity index (χ1n) is 10.4. The molecule has 10 heteroatoms. The fourth-order valence-corrected chi connectivity index (χ4v) is 4.00. The van der Waals surface area contributed by atoms with Gasteiger partial charge < -0.3 is 23.6 Å². The zero-order chi connectivity index (χ0) is 21.4. The lowest BCUT2D eigenvalue weighted by atomic mass is 10.1. The molecular formula is C23H27Cl2N5O3. The fourth-order valence-electron chi connectivity index (χ4n) is 4.00. The summed E-state index contributed by atoms with van der Waals surface area (Å²) in [6.45, 7) is 8.06. The van der Waals surface area contributed by atoms with E-state index in [1.807, 2.05) is 19.9 Å². The van der Waals surface area contributed by atoms with Gasteiger partial charge in [0.15, 0.2) is 6.61 Å². The van der Waals surface area contributed by atoms with Crippen molar-refractivity contribution in [3.63, 3.8) is 0 Å². The van der Waals surface area contributed by atoms with E-state index >= 15 is 0 Å². The molecule has 0 saturated carbocycles. The quantitative estimate of drug-likeness (QED) is 0.398. The Labute approximate surface area is 204 Å². The van der Waals surface area contributed by atoms with Crippen LogP contribution in [-0.2, 0) is 6.61 Å². The number of aryl methyl sites for hydroxylation is 2. The van der Waals surface area contributed by atoms with E-state index in [1.165, 1.54) is 16.5 Å². The van der Waals surface area contributed by atoms with Crippen LogP contribution >= 0.6 is 24.8 Å². The van der Waals surface area contributed by atoms with Crippen LogP contribution in [0.1, 0.15) is 17.3 Å². The summed E-state index contributed by atoms with van der Waals surface area (Å²) < 4.78 is 16.6. The van der Waals surface area contributed by atoms with Gasteiger partial charge in [-0.1, -0.05) is 28.5 Å². The number of benzene rings is 2. The lowest BCUT2D eigenvalue weighted by Gasteiger charge is -2.34. The minimum Gasteiger partial charge on any atom is -0.485 e. The van der Waals surface area contributed by atoms with Crippen molar-refractivity contribution in [3.05, 3.63) is 53.7 Å². The minimum atomic E-state index is 0. The standard InChI is InChI=1S/C23H25N5O3.2ClH/c1-15-22(16(2)30-25-15)23-24-21(26-31-23)14-29-18-8-7-17-5-4-6-20(19(17)13-18)28-11-9-27(3)10-12-28;;/h4-8,13H,9-12,14H2,1-3H3;2*1H. The fraction of sp³-hybridized carbons (Fsp3) is 0.348. The summed E-state index contributed by atoms with van der Waals surface area (Å²) in [4.78, 5) is 9.24. The Morgan fingerprint density at radius 3 is 2.48 bits per heavy atom. The molecule has 0 atom stereocenters. The molecule has 1 aliphatic heterocycles. The number of piperazine rings is 1. The molecule has 1 aliphatic rings. The number of halogens is 2. The normalized spacial score (nSPS) is 14.1. The number of rotatable bonds is 5. The van der Waals surface area contributed by atoms with E-state index in [0.29, 0.717) is 17.5 Å². The molecule has 4 aromatic rings. The molecule has 0 bridgehead atoms. The van der Waals surface area contributed by atoms with Gasteiger partial charge in [0.25, 0.3) is 5.89 Å². The highest BCUT2D eigenvalue weighted by Crippen LogP contribution is 2.31. The monoisotopic (exact) mass is 491 g/mol. The van der Waals surface area contributed by atoms with E-state index in [1.54, 1.807) is 0 Å².